The number of aryl methyl sites for hydroxylation is 3. The van der Waals surface area contributed by atoms with E-state index in [1.54, 1.807) is 18.5 Å². The van der Waals surface area contributed by atoms with E-state index in [1.807, 2.05) is 36.5 Å². The van der Waals surface area contributed by atoms with Gasteiger partial charge in [-0.15, -0.1) is 0 Å². The number of aromatic nitrogens is 3. The lowest BCUT2D eigenvalue weighted by Gasteiger charge is -2.15. The molecule has 29 heavy (non-hydrogen) atoms. The van der Waals surface area contributed by atoms with Gasteiger partial charge in [0.05, 0.1) is 11.3 Å². The minimum absolute atomic E-state index is 0.417. The Morgan fingerprint density at radius 3 is 2.90 bits per heavy atom. The summed E-state index contributed by atoms with van der Waals surface area (Å²) in [6.07, 6.45) is 7.29. The van der Waals surface area contributed by atoms with Gasteiger partial charge in [0.15, 0.2) is 6.29 Å². The van der Waals surface area contributed by atoms with Crippen molar-refractivity contribution in [2.45, 2.75) is 19.8 Å². The van der Waals surface area contributed by atoms with E-state index in [2.05, 4.69) is 33.3 Å². The molecular weight excluding hydrogens is 362 g/mol. The predicted octanol–water partition coefficient (Wildman–Crippen LogP) is 4.48. The van der Waals surface area contributed by atoms with Gasteiger partial charge >= 0.3 is 0 Å². The van der Waals surface area contributed by atoms with Crippen LogP contribution in [-0.4, -0.2) is 21.2 Å². The van der Waals surface area contributed by atoms with Crippen LogP contribution in [0.2, 0.25) is 0 Å². The van der Waals surface area contributed by atoms with Crippen molar-refractivity contribution < 1.29 is 4.79 Å². The van der Waals surface area contributed by atoms with Gasteiger partial charge in [-0.05, 0) is 61.2 Å². The number of carbonyl (C=O) groups is 1. The number of fused-ring (bicyclic) bond motifs is 1. The topological polar surface area (TPSA) is 94.5 Å². The highest BCUT2D eigenvalue weighted by atomic mass is 16.1. The van der Waals surface area contributed by atoms with Gasteiger partial charge in [-0.1, -0.05) is 6.07 Å². The number of nitrogens with zero attached hydrogens (tertiary/aromatic N) is 3. The number of carbonyl (C=O) groups excluding carboxylic acids is 1. The lowest BCUT2D eigenvalue weighted by Crippen LogP contribution is -2.04. The molecule has 3 heterocycles. The van der Waals surface area contributed by atoms with Gasteiger partial charge < -0.3 is 10.3 Å². The predicted molar refractivity (Wildman–Crippen MR) is 112 cm³/mol. The molecule has 0 aliphatic carbocycles. The third-order valence-electron chi connectivity index (χ3n) is 5.01. The van der Waals surface area contributed by atoms with Gasteiger partial charge in [-0.2, -0.15) is 5.26 Å². The van der Waals surface area contributed by atoms with Crippen molar-refractivity contribution in [1.29, 1.82) is 5.26 Å². The van der Waals surface area contributed by atoms with Crippen LogP contribution in [0.4, 0.5) is 11.4 Å². The monoisotopic (exact) mass is 381 g/mol. The summed E-state index contributed by atoms with van der Waals surface area (Å²) in [6.45, 7) is 2.06. The number of aldehydes is 1. The second-order valence-electron chi connectivity index (χ2n) is 6.81. The van der Waals surface area contributed by atoms with Crippen molar-refractivity contribution in [3.05, 3.63) is 83.1 Å². The molecule has 0 amide bonds. The molecule has 0 aliphatic rings. The Kier molecular flexibility index (Phi) is 5.04. The Hall–Kier alpha value is -3.98. The number of nitrogens with one attached hydrogen (secondary N) is 2. The van der Waals surface area contributed by atoms with Gasteiger partial charge in [0.1, 0.15) is 11.8 Å². The molecule has 1 aromatic carbocycles. The van der Waals surface area contributed by atoms with E-state index < -0.39 is 0 Å². The summed E-state index contributed by atoms with van der Waals surface area (Å²) in [7, 11) is 0. The number of rotatable bonds is 6. The van der Waals surface area contributed by atoms with Crippen molar-refractivity contribution >= 4 is 28.6 Å². The lowest BCUT2D eigenvalue weighted by atomic mass is 10.0. The van der Waals surface area contributed by atoms with Crippen molar-refractivity contribution in [1.82, 2.24) is 15.0 Å². The normalized spacial score (nSPS) is 10.6. The molecule has 0 unspecified atom stereocenters. The molecule has 4 aromatic rings. The summed E-state index contributed by atoms with van der Waals surface area (Å²) in [4.78, 5) is 22.7. The summed E-state index contributed by atoms with van der Waals surface area (Å²) < 4.78 is 0. The number of aromatic amines is 1. The third kappa shape index (κ3) is 3.71. The summed E-state index contributed by atoms with van der Waals surface area (Å²) in [6, 6.07) is 13.7. The van der Waals surface area contributed by atoms with Crippen molar-refractivity contribution in [3.63, 3.8) is 0 Å². The average molecular weight is 381 g/mol. The molecule has 0 spiro atoms. The standard InChI is InChI=1S/C23H19N5O/c1-15-20-9-10-26-22(20)8-7-21(15)28-23-16(12-25-13-17(23)11-24)5-6-18-3-2-4-19(14-29)27-18/h2-4,7-10,12-14,26H,5-6H2,1H3,(H,25,28). The highest BCUT2D eigenvalue weighted by Crippen LogP contribution is 2.30. The van der Waals surface area contributed by atoms with Crippen LogP contribution in [-0.2, 0) is 12.8 Å². The first-order valence-corrected chi connectivity index (χ1v) is 9.31. The van der Waals surface area contributed by atoms with Gasteiger partial charge in [0.2, 0.25) is 0 Å². The molecule has 0 atom stereocenters. The van der Waals surface area contributed by atoms with E-state index in [4.69, 9.17) is 0 Å². The Morgan fingerprint density at radius 1 is 1.17 bits per heavy atom. The molecule has 0 bridgehead atoms. The van der Waals surface area contributed by atoms with Crippen LogP contribution in [0.15, 0.2) is 55.0 Å². The number of hydrogen-bond acceptors (Lipinski definition) is 5. The van der Waals surface area contributed by atoms with Crippen LogP contribution in [0.3, 0.4) is 0 Å². The smallest absolute Gasteiger partial charge is 0.168 e. The van der Waals surface area contributed by atoms with E-state index >= 15 is 0 Å². The molecule has 6 heteroatoms. The molecule has 6 nitrogen and oxygen atoms in total. The summed E-state index contributed by atoms with van der Waals surface area (Å²) in [5, 5.41) is 14.2. The molecule has 2 N–H and O–H groups in total. The Labute approximate surface area is 168 Å². The number of benzene rings is 1. The first kappa shape index (κ1) is 18.4. The Morgan fingerprint density at radius 2 is 2.07 bits per heavy atom. The zero-order valence-corrected chi connectivity index (χ0v) is 15.9. The quantitative estimate of drug-likeness (QED) is 0.480. The molecule has 4 rings (SSSR count). The maximum Gasteiger partial charge on any atom is 0.168 e. The lowest BCUT2D eigenvalue weighted by molar-refractivity contribution is 0.111. The number of hydrogen-bond donors (Lipinski definition) is 2. The van der Waals surface area contributed by atoms with E-state index in [0.29, 0.717) is 24.1 Å². The van der Waals surface area contributed by atoms with Gasteiger partial charge in [-0.3, -0.25) is 14.8 Å². The zero-order chi connectivity index (χ0) is 20.2. The first-order valence-electron chi connectivity index (χ1n) is 9.31. The fourth-order valence-electron chi connectivity index (χ4n) is 3.45. The number of pyridine rings is 2. The minimum Gasteiger partial charge on any atom is -0.361 e. The minimum atomic E-state index is 0.417. The van der Waals surface area contributed by atoms with Gasteiger partial charge in [0, 0.05) is 40.9 Å². The summed E-state index contributed by atoms with van der Waals surface area (Å²) in [5.74, 6) is 0. The van der Waals surface area contributed by atoms with Crippen molar-refractivity contribution in [2.75, 3.05) is 5.32 Å². The maximum absolute atomic E-state index is 11.0. The third-order valence-corrected chi connectivity index (χ3v) is 5.01. The zero-order valence-electron chi connectivity index (χ0n) is 15.9. The van der Waals surface area contributed by atoms with Crippen molar-refractivity contribution in [2.24, 2.45) is 0 Å². The van der Waals surface area contributed by atoms with Crippen LogP contribution in [0.5, 0.6) is 0 Å². The SMILES string of the molecule is Cc1c(Nc2c(C#N)cncc2CCc2cccc(C=O)n2)ccc2[nH]ccc12. The number of H-pyrrole nitrogens is 1. The van der Waals surface area contributed by atoms with E-state index in [9.17, 15) is 10.1 Å². The molecule has 0 saturated carbocycles. The van der Waals surface area contributed by atoms with Gasteiger partial charge in [-0.25, -0.2) is 0 Å². The highest BCUT2D eigenvalue weighted by molar-refractivity contribution is 5.89. The van der Waals surface area contributed by atoms with Crippen LogP contribution >= 0.6 is 0 Å². The molecule has 142 valence electrons. The second-order valence-corrected chi connectivity index (χ2v) is 6.81. The maximum atomic E-state index is 11.0. The Balaban J connectivity index is 1.66. The molecular formula is C23H19N5O. The molecule has 0 fully saturated rings. The molecule has 3 aromatic heterocycles. The molecule has 0 saturated heterocycles. The molecule has 0 radical (unpaired) electrons. The summed E-state index contributed by atoms with van der Waals surface area (Å²) >= 11 is 0. The highest BCUT2D eigenvalue weighted by Gasteiger charge is 2.13. The van der Waals surface area contributed by atoms with Crippen LogP contribution in [0.25, 0.3) is 10.9 Å². The van der Waals surface area contributed by atoms with E-state index in [1.165, 1.54) is 0 Å². The van der Waals surface area contributed by atoms with E-state index in [0.717, 1.165) is 45.4 Å². The number of anilines is 2. The van der Waals surface area contributed by atoms with Crippen LogP contribution < -0.4 is 5.32 Å². The van der Waals surface area contributed by atoms with Crippen molar-refractivity contribution in [3.8, 4) is 6.07 Å². The Bertz CT molecular complexity index is 1240. The summed E-state index contributed by atoms with van der Waals surface area (Å²) in [5.41, 5.74) is 6.55. The molecule has 0 aliphatic heterocycles. The fraction of sp³-hybridized carbons (Fsp3) is 0.130. The fourth-order valence-corrected chi connectivity index (χ4v) is 3.45. The van der Waals surface area contributed by atoms with Crippen LogP contribution in [0.1, 0.15) is 32.9 Å². The van der Waals surface area contributed by atoms with E-state index in [-0.39, 0.29) is 0 Å². The van der Waals surface area contributed by atoms with Crippen LogP contribution in [0, 0.1) is 18.3 Å². The second kappa shape index (κ2) is 7.95. The average Bonchev–Trinajstić information content (AvgIpc) is 3.24. The largest absolute Gasteiger partial charge is 0.361 e. The van der Waals surface area contributed by atoms with Gasteiger partial charge in [0.25, 0.3) is 0 Å². The first-order chi connectivity index (χ1) is 14.2. The number of nitriles is 1.